The van der Waals surface area contributed by atoms with E-state index in [1.807, 2.05) is 0 Å². The highest BCUT2D eigenvalue weighted by Crippen LogP contribution is 2.36. The van der Waals surface area contributed by atoms with Gasteiger partial charge in [0.15, 0.2) is 0 Å². The number of carbonyl (C=O) groups excluding carboxylic acids is 1. The summed E-state index contributed by atoms with van der Waals surface area (Å²) < 4.78 is 11.1. The third-order valence-electron chi connectivity index (χ3n) is 5.46. The van der Waals surface area contributed by atoms with Crippen LogP contribution in [0.4, 0.5) is 0 Å². The van der Waals surface area contributed by atoms with Gasteiger partial charge in [0, 0.05) is 12.6 Å². The number of carbonyl (C=O) groups is 2. The Morgan fingerprint density at radius 1 is 1.23 bits per heavy atom. The van der Waals surface area contributed by atoms with Crippen LogP contribution in [0.2, 0.25) is 0 Å². The molecule has 0 bridgehead atoms. The minimum atomic E-state index is -0.852. The van der Waals surface area contributed by atoms with Gasteiger partial charge in [-0.2, -0.15) is 0 Å². The van der Waals surface area contributed by atoms with E-state index < -0.39 is 11.4 Å². The van der Waals surface area contributed by atoms with Crippen LogP contribution in [0.15, 0.2) is 18.2 Å². The molecule has 0 spiro atoms. The molecule has 2 N–H and O–H groups in total. The number of hydrogen-bond donors (Lipinski definition) is 2. The van der Waals surface area contributed by atoms with Crippen LogP contribution in [0.5, 0.6) is 11.5 Å². The van der Waals surface area contributed by atoms with E-state index in [2.05, 4.69) is 5.32 Å². The molecule has 0 aliphatic heterocycles. The number of carboxylic acid groups (broad SMARTS) is 1. The summed E-state index contributed by atoms with van der Waals surface area (Å²) in [6, 6.07) is 5.10. The molecule has 2 saturated carbocycles. The number of benzene rings is 1. The number of ether oxygens (including phenoxy) is 2. The third-order valence-corrected chi connectivity index (χ3v) is 5.46. The molecule has 0 radical (unpaired) electrons. The van der Waals surface area contributed by atoms with Crippen molar-refractivity contribution in [1.82, 2.24) is 5.32 Å². The molecule has 2 fully saturated rings. The quantitative estimate of drug-likeness (QED) is 0.742. The topological polar surface area (TPSA) is 84.9 Å². The first-order valence-electron chi connectivity index (χ1n) is 9.36. The maximum atomic E-state index is 12.7. The summed E-state index contributed by atoms with van der Waals surface area (Å²) in [5, 5.41) is 12.5. The number of amides is 1. The molecule has 0 saturated heterocycles. The minimum Gasteiger partial charge on any atom is -0.497 e. The predicted molar refractivity (Wildman–Crippen MR) is 96.7 cm³/mol. The number of aliphatic carboxylic acids is 1. The van der Waals surface area contributed by atoms with Gasteiger partial charge in [-0.3, -0.25) is 9.59 Å². The van der Waals surface area contributed by atoms with Crippen LogP contribution in [0.1, 0.15) is 55.3 Å². The van der Waals surface area contributed by atoms with E-state index >= 15 is 0 Å². The zero-order valence-corrected chi connectivity index (χ0v) is 15.3. The van der Waals surface area contributed by atoms with Gasteiger partial charge in [-0.1, -0.05) is 19.3 Å². The van der Waals surface area contributed by atoms with Crippen LogP contribution in [-0.2, 0) is 4.79 Å². The van der Waals surface area contributed by atoms with Crippen LogP contribution in [0.25, 0.3) is 0 Å². The van der Waals surface area contributed by atoms with Gasteiger partial charge < -0.3 is 19.9 Å². The lowest BCUT2D eigenvalue weighted by molar-refractivity contribution is -0.150. The number of nitrogens with one attached hydrogen (secondary N) is 1. The summed E-state index contributed by atoms with van der Waals surface area (Å²) in [5.74, 6) is 0.556. The molecule has 26 heavy (non-hydrogen) atoms. The summed E-state index contributed by atoms with van der Waals surface area (Å²) in [7, 11) is 1.57. The van der Waals surface area contributed by atoms with E-state index in [9.17, 15) is 14.7 Å². The van der Waals surface area contributed by atoms with Crippen molar-refractivity contribution < 1.29 is 24.2 Å². The molecular weight excluding hydrogens is 334 g/mol. The molecule has 0 unspecified atom stereocenters. The van der Waals surface area contributed by atoms with E-state index in [1.165, 1.54) is 0 Å². The molecule has 0 aromatic heterocycles. The lowest BCUT2D eigenvalue weighted by atomic mass is 9.74. The fourth-order valence-electron chi connectivity index (χ4n) is 3.47. The summed E-state index contributed by atoms with van der Waals surface area (Å²) in [5.41, 5.74) is -0.433. The SMILES string of the molecule is COc1ccc(C(=O)NCC2(C(=O)O)CCCCC2)c(OCC2CC2)c1. The molecule has 2 aliphatic rings. The first-order chi connectivity index (χ1) is 12.5. The number of hydrogen-bond acceptors (Lipinski definition) is 4. The van der Waals surface area contributed by atoms with Crippen LogP contribution in [0, 0.1) is 11.3 Å². The molecule has 0 atom stereocenters. The van der Waals surface area contributed by atoms with Crippen LogP contribution < -0.4 is 14.8 Å². The van der Waals surface area contributed by atoms with Gasteiger partial charge >= 0.3 is 5.97 Å². The number of rotatable bonds is 8. The van der Waals surface area contributed by atoms with Crippen LogP contribution in [-0.4, -0.2) is 37.2 Å². The molecule has 0 heterocycles. The lowest BCUT2D eigenvalue weighted by Gasteiger charge is -2.33. The Balaban J connectivity index is 1.70. The van der Waals surface area contributed by atoms with E-state index in [-0.39, 0.29) is 12.5 Å². The molecule has 1 aromatic rings. The molecule has 1 aromatic carbocycles. The highest BCUT2D eigenvalue weighted by Gasteiger charge is 2.40. The van der Waals surface area contributed by atoms with Gasteiger partial charge in [0.1, 0.15) is 11.5 Å². The zero-order chi connectivity index (χ0) is 18.6. The van der Waals surface area contributed by atoms with Crippen molar-refractivity contribution in [2.45, 2.75) is 44.9 Å². The monoisotopic (exact) mass is 361 g/mol. The molecule has 142 valence electrons. The van der Waals surface area contributed by atoms with Crippen molar-refractivity contribution >= 4 is 11.9 Å². The Hall–Kier alpha value is -2.24. The van der Waals surface area contributed by atoms with Gasteiger partial charge in [-0.25, -0.2) is 0 Å². The van der Waals surface area contributed by atoms with Crippen LogP contribution >= 0.6 is 0 Å². The second-order valence-corrected chi connectivity index (χ2v) is 7.45. The minimum absolute atomic E-state index is 0.148. The normalized spacial score (nSPS) is 18.8. The van der Waals surface area contributed by atoms with Crippen molar-refractivity contribution in [3.05, 3.63) is 23.8 Å². The maximum absolute atomic E-state index is 12.7. The molecule has 1 amide bonds. The van der Waals surface area contributed by atoms with Gasteiger partial charge in [0.2, 0.25) is 0 Å². The van der Waals surface area contributed by atoms with Crippen molar-refractivity contribution in [3.63, 3.8) is 0 Å². The highest BCUT2D eigenvalue weighted by molar-refractivity contribution is 5.97. The smallest absolute Gasteiger partial charge is 0.311 e. The van der Waals surface area contributed by atoms with Crippen molar-refractivity contribution in [2.24, 2.45) is 11.3 Å². The average molecular weight is 361 g/mol. The van der Waals surface area contributed by atoms with Gasteiger partial charge in [0.05, 0.1) is 24.7 Å². The van der Waals surface area contributed by atoms with Crippen LogP contribution in [0.3, 0.4) is 0 Å². The first-order valence-corrected chi connectivity index (χ1v) is 9.36. The summed E-state index contributed by atoms with van der Waals surface area (Å²) >= 11 is 0. The Morgan fingerprint density at radius 2 is 1.96 bits per heavy atom. The molecule has 6 heteroatoms. The number of methoxy groups -OCH3 is 1. The molecular formula is C20H27NO5. The Kier molecular flexibility index (Phi) is 5.69. The van der Waals surface area contributed by atoms with Crippen molar-refractivity contribution in [2.75, 3.05) is 20.3 Å². The second-order valence-electron chi connectivity index (χ2n) is 7.45. The standard InChI is InChI=1S/C20H27NO5/c1-25-15-7-8-16(17(11-15)26-12-14-5-6-14)18(22)21-13-20(19(23)24)9-3-2-4-10-20/h7-8,11,14H,2-6,9-10,12-13H2,1H3,(H,21,22)(H,23,24). The summed E-state index contributed by atoms with van der Waals surface area (Å²) in [4.78, 5) is 24.5. The number of carboxylic acids is 1. The Bertz CT molecular complexity index is 662. The second kappa shape index (κ2) is 7.98. The molecule has 3 rings (SSSR count). The van der Waals surface area contributed by atoms with E-state index in [1.54, 1.807) is 25.3 Å². The van der Waals surface area contributed by atoms with Gasteiger partial charge in [0.25, 0.3) is 5.91 Å². The Labute approximate surface area is 153 Å². The predicted octanol–water partition coefficient (Wildman–Crippen LogP) is 3.25. The maximum Gasteiger partial charge on any atom is 0.311 e. The van der Waals surface area contributed by atoms with Gasteiger partial charge in [-0.05, 0) is 43.7 Å². The lowest BCUT2D eigenvalue weighted by Crippen LogP contribution is -2.44. The largest absolute Gasteiger partial charge is 0.497 e. The Morgan fingerprint density at radius 3 is 2.58 bits per heavy atom. The highest BCUT2D eigenvalue weighted by atomic mass is 16.5. The van der Waals surface area contributed by atoms with Crippen molar-refractivity contribution in [1.29, 1.82) is 0 Å². The summed E-state index contributed by atoms with van der Waals surface area (Å²) in [6.45, 7) is 0.738. The molecule has 2 aliphatic carbocycles. The third kappa shape index (κ3) is 4.29. The molecule has 6 nitrogen and oxygen atoms in total. The van der Waals surface area contributed by atoms with Crippen molar-refractivity contribution in [3.8, 4) is 11.5 Å². The first kappa shape index (κ1) is 18.5. The zero-order valence-electron chi connectivity index (χ0n) is 15.3. The van der Waals surface area contributed by atoms with E-state index in [0.717, 1.165) is 32.1 Å². The van der Waals surface area contributed by atoms with E-state index in [4.69, 9.17) is 9.47 Å². The van der Waals surface area contributed by atoms with E-state index in [0.29, 0.717) is 42.4 Å². The fourth-order valence-corrected chi connectivity index (χ4v) is 3.47. The summed E-state index contributed by atoms with van der Waals surface area (Å²) in [6.07, 6.45) is 6.37. The van der Waals surface area contributed by atoms with Gasteiger partial charge in [-0.15, -0.1) is 0 Å². The average Bonchev–Trinajstić information content (AvgIpc) is 3.49. The fraction of sp³-hybridized carbons (Fsp3) is 0.600.